The fourth-order valence-electron chi connectivity index (χ4n) is 3.42. The van der Waals surface area contributed by atoms with E-state index < -0.39 is 47.0 Å². The zero-order chi connectivity index (χ0) is 21.9. The summed E-state index contributed by atoms with van der Waals surface area (Å²) in [5.41, 5.74) is 0.565. The van der Waals surface area contributed by atoms with Crippen molar-refractivity contribution >= 4 is 22.3 Å². The van der Waals surface area contributed by atoms with Gasteiger partial charge in [0.25, 0.3) is 10.2 Å². The Balaban J connectivity index is 2.51. The van der Waals surface area contributed by atoms with Gasteiger partial charge in [-0.25, -0.2) is 9.59 Å². The van der Waals surface area contributed by atoms with Crippen LogP contribution in [0.1, 0.15) is 12.0 Å². The molecule has 1 heterocycles. The Labute approximate surface area is 168 Å². The lowest BCUT2D eigenvalue weighted by Crippen LogP contribution is -2.55. The molecule has 29 heavy (non-hydrogen) atoms. The van der Waals surface area contributed by atoms with Gasteiger partial charge in [-0.3, -0.25) is 4.90 Å². The third-order valence-corrected chi connectivity index (χ3v) is 6.80. The van der Waals surface area contributed by atoms with Crippen LogP contribution in [-0.4, -0.2) is 95.2 Å². The van der Waals surface area contributed by atoms with E-state index in [1.54, 1.807) is 24.3 Å². The fraction of sp³-hybridized carbons (Fsp3) is 0.529. The van der Waals surface area contributed by atoms with Crippen LogP contribution in [0.5, 0.6) is 5.75 Å². The molecular formula is C17H25N3O8S. The Kier molecular flexibility index (Phi) is 7.06. The Morgan fingerprint density at radius 3 is 2.21 bits per heavy atom. The number of aliphatic carboxylic acids is 1. The maximum atomic E-state index is 13.0. The molecule has 0 bridgehead atoms. The predicted octanol–water partition coefficient (Wildman–Crippen LogP) is -0.130. The minimum absolute atomic E-state index is 0.150. The summed E-state index contributed by atoms with van der Waals surface area (Å²) < 4.78 is 33.0. The van der Waals surface area contributed by atoms with Crippen LogP contribution in [-0.2, 0) is 21.5 Å². The molecule has 1 aromatic rings. The molecule has 0 unspecified atom stereocenters. The molecule has 0 aliphatic carbocycles. The van der Waals surface area contributed by atoms with Gasteiger partial charge in [0.2, 0.25) is 0 Å². The van der Waals surface area contributed by atoms with Crippen LogP contribution in [0.15, 0.2) is 24.3 Å². The topological polar surface area (TPSA) is 148 Å². The van der Waals surface area contributed by atoms with Gasteiger partial charge in [0.1, 0.15) is 11.8 Å². The molecule has 1 aliphatic rings. The van der Waals surface area contributed by atoms with E-state index in [0.29, 0.717) is 16.2 Å². The summed E-state index contributed by atoms with van der Waals surface area (Å²) in [4.78, 5) is 24.1. The second-order valence-corrected chi connectivity index (χ2v) is 8.89. The van der Waals surface area contributed by atoms with E-state index in [0.717, 1.165) is 8.61 Å². The minimum atomic E-state index is -4.11. The number of carbonyl (C=O) groups is 2. The number of ether oxygens (including phenoxy) is 1. The Bertz CT molecular complexity index is 843. The summed E-state index contributed by atoms with van der Waals surface area (Å²) in [5.74, 6) is -0.917. The first-order valence-corrected chi connectivity index (χ1v) is 10.1. The highest BCUT2D eigenvalue weighted by Gasteiger charge is 2.52. The molecule has 0 saturated carbocycles. The number of benzene rings is 1. The Morgan fingerprint density at radius 1 is 1.21 bits per heavy atom. The van der Waals surface area contributed by atoms with Crippen molar-refractivity contribution in [3.63, 3.8) is 0 Å². The maximum absolute atomic E-state index is 13.0. The Morgan fingerprint density at radius 2 is 1.79 bits per heavy atom. The summed E-state index contributed by atoms with van der Waals surface area (Å²) in [6.45, 7) is -0.796. The molecule has 11 nitrogen and oxygen atoms in total. The molecule has 1 amide bonds. The summed E-state index contributed by atoms with van der Waals surface area (Å²) in [6, 6.07) is 2.67. The third-order valence-electron chi connectivity index (χ3n) is 4.88. The number of rotatable bonds is 8. The first-order chi connectivity index (χ1) is 13.5. The van der Waals surface area contributed by atoms with Gasteiger partial charge in [-0.1, -0.05) is 12.1 Å². The summed E-state index contributed by atoms with van der Waals surface area (Å²) in [5, 5.41) is 28.7. The second kappa shape index (κ2) is 8.95. The maximum Gasteiger partial charge on any atom is 0.408 e. The van der Waals surface area contributed by atoms with Gasteiger partial charge >= 0.3 is 12.1 Å². The number of hydrogen-bond acceptors (Lipinski definition) is 6. The van der Waals surface area contributed by atoms with Crippen LogP contribution in [0.2, 0.25) is 0 Å². The number of amides is 1. The number of aliphatic hydroxyl groups excluding tert-OH is 1. The average Bonchev–Trinajstić information content (AvgIpc) is 3.06. The van der Waals surface area contributed by atoms with Gasteiger partial charge in [0, 0.05) is 20.6 Å². The first kappa shape index (κ1) is 22.9. The highest BCUT2D eigenvalue weighted by molar-refractivity contribution is 7.86. The Hall–Kier alpha value is -2.41. The molecule has 12 heteroatoms. The second-order valence-electron chi connectivity index (χ2n) is 6.80. The molecule has 162 valence electrons. The van der Waals surface area contributed by atoms with Crippen molar-refractivity contribution in [3.05, 3.63) is 29.8 Å². The van der Waals surface area contributed by atoms with Crippen molar-refractivity contribution in [2.75, 3.05) is 27.8 Å². The van der Waals surface area contributed by atoms with E-state index in [2.05, 4.69) is 0 Å². The SMILES string of the molecule is COc1ccc(CN([C@H]2C[C@@H](CO)N(C(=O)O)[C@H]2C(=O)O)S(=O)(=O)N(C)C)cc1. The van der Waals surface area contributed by atoms with Crippen LogP contribution < -0.4 is 4.74 Å². The molecule has 3 atom stereocenters. The third kappa shape index (κ3) is 4.61. The van der Waals surface area contributed by atoms with E-state index in [-0.39, 0.29) is 13.0 Å². The van der Waals surface area contributed by atoms with Gasteiger partial charge in [-0.2, -0.15) is 17.0 Å². The van der Waals surface area contributed by atoms with E-state index in [9.17, 15) is 33.3 Å². The van der Waals surface area contributed by atoms with Crippen molar-refractivity contribution < 1.29 is 38.1 Å². The van der Waals surface area contributed by atoms with E-state index in [1.807, 2.05) is 0 Å². The molecule has 1 saturated heterocycles. The molecular weight excluding hydrogens is 406 g/mol. The smallest absolute Gasteiger partial charge is 0.408 e. The average molecular weight is 431 g/mol. The van der Waals surface area contributed by atoms with Crippen molar-refractivity contribution in [1.82, 2.24) is 13.5 Å². The van der Waals surface area contributed by atoms with Crippen molar-refractivity contribution in [2.24, 2.45) is 0 Å². The first-order valence-electron chi connectivity index (χ1n) is 8.71. The molecule has 0 aromatic heterocycles. The van der Waals surface area contributed by atoms with Gasteiger partial charge in [0.05, 0.1) is 25.8 Å². The monoisotopic (exact) mass is 431 g/mol. The molecule has 1 aliphatic heterocycles. The number of carboxylic acid groups (broad SMARTS) is 2. The van der Waals surface area contributed by atoms with Gasteiger partial charge in [-0.15, -0.1) is 0 Å². The zero-order valence-corrected chi connectivity index (χ0v) is 17.1. The normalized spacial score (nSPS) is 22.3. The van der Waals surface area contributed by atoms with Crippen LogP contribution in [0.25, 0.3) is 0 Å². The van der Waals surface area contributed by atoms with E-state index in [1.165, 1.54) is 21.2 Å². The van der Waals surface area contributed by atoms with Crippen LogP contribution in [0, 0.1) is 0 Å². The molecule has 2 rings (SSSR count). The lowest BCUT2D eigenvalue weighted by Gasteiger charge is -2.33. The quantitative estimate of drug-likeness (QED) is 0.516. The van der Waals surface area contributed by atoms with Crippen molar-refractivity contribution in [1.29, 1.82) is 0 Å². The largest absolute Gasteiger partial charge is 0.497 e. The van der Waals surface area contributed by atoms with Gasteiger partial charge in [-0.05, 0) is 24.1 Å². The highest BCUT2D eigenvalue weighted by atomic mass is 32.2. The zero-order valence-electron chi connectivity index (χ0n) is 16.3. The number of hydrogen-bond donors (Lipinski definition) is 3. The van der Waals surface area contributed by atoms with Crippen LogP contribution in [0.4, 0.5) is 4.79 Å². The molecule has 1 fully saturated rings. The number of likely N-dealkylation sites (tertiary alicyclic amines) is 1. The van der Waals surface area contributed by atoms with Crippen LogP contribution in [0.3, 0.4) is 0 Å². The number of carboxylic acids is 1. The predicted molar refractivity (Wildman–Crippen MR) is 102 cm³/mol. The van der Waals surface area contributed by atoms with Crippen molar-refractivity contribution in [2.45, 2.75) is 31.1 Å². The lowest BCUT2D eigenvalue weighted by molar-refractivity contribution is -0.143. The van der Waals surface area contributed by atoms with Gasteiger partial charge < -0.3 is 20.1 Å². The molecule has 1 aromatic carbocycles. The number of nitrogens with zero attached hydrogens (tertiary/aromatic N) is 3. The van der Waals surface area contributed by atoms with E-state index >= 15 is 0 Å². The minimum Gasteiger partial charge on any atom is -0.497 e. The summed E-state index contributed by atoms with van der Waals surface area (Å²) in [6.07, 6.45) is -1.69. The van der Waals surface area contributed by atoms with Crippen molar-refractivity contribution in [3.8, 4) is 5.75 Å². The van der Waals surface area contributed by atoms with Crippen LogP contribution >= 0.6 is 0 Å². The molecule has 3 N–H and O–H groups in total. The summed E-state index contributed by atoms with van der Waals surface area (Å²) >= 11 is 0. The lowest BCUT2D eigenvalue weighted by atomic mass is 10.1. The number of aliphatic hydroxyl groups is 1. The number of methoxy groups -OCH3 is 1. The standard InChI is InChI=1S/C17H25N3O8S/c1-18(2)29(26,27)19(9-11-4-6-13(28-3)7-5-11)14-8-12(10-21)20(17(24)25)15(14)16(22)23/h4-7,12,14-15,21H,8-10H2,1-3H3,(H,22,23)(H,24,25)/t12-,14-,15+/m0/s1. The highest BCUT2D eigenvalue weighted by Crippen LogP contribution is 2.32. The van der Waals surface area contributed by atoms with Gasteiger partial charge in [0.15, 0.2) is 0 Å². The fourth-order valence-corrected chi connectivity index (χ4v) is 4.70. The van der Waals surface area contributed by atoms with E-state index in [4.69, 9.17) is 4.74 Å². The molecule has 0 radical (unpaired) electrons. The summed E-state index contributed by atoms with van der Waals surface area (Å²) in [7, 11) is -0.0130. The molecule has 0 spiro atoms.